The van der Waals surface area contributed by atoms with E-state index in [2.05, 4.69) is 0 Å². The number of rotatable bonds is 5. The first-order chi connectivity index (χ1) is 11.2. The van der Waals surface area contributed by atoms with Crippen molar-refractivity contribution in [3.8, 4) is 0 Å². The van der Waals surface area contributed by atoms with E-state index in [1.807, 2.05) is 32.9 Å². The fourth-order valence-corrected chi connectivity index (χ4v) is 3.01. The van der Waals surface area contributed by atoms with Gasteiger partial charge in [0.25, 0.3) is 0 Å². The van der Waals surface area contributed by atoms with Crippen molar-refractivity contribution in [3.05, 3.63) is 35.4 Å². The molecule has 0 aromatic heterocycles. The monoisotopic (exact) mass is 331 g/mol. The van der Waals surface area contributed by atoms with Crippen molar-refractivity contribution < 1.29 is 19.5 Å². The van der Waals surface area contributed by atoms with Gasteiger partial charge in [0.1, 0.15) is 0 Å². The molecule has 1 amide bonds. The third kappa shape index (κ3) is 3.50. The van der Waals surface area contributed by atoms with Crippen LogP contribution in [0.15, 0.2) is 24.3 Å². The fourth-order valence-electron chi connectivity index (χ4n) is 3.01. The summed E-state index contributed by atoms with van der Waals surface area (Å²) in [6.45, 7) is 7.92. The van der Waals surface area contributed by atoms with Crippen molar-refractivity contribution in [2.24, 2.45) is 11.3 Å². The standard InChI is InChI=1S/C19H25NO4/c1-12(2)16(21)15-7-5-14(6-8-15)13(3)17(22)20-10-9-19(4,11-20)18(23)24/h5-8,12-13H,9-11H2,1-4H3,(H,23,24). The minimum Gasteiger partial charge on any atom is -0.481 e. The van der Waals surface area contributed by atoms with Crippen LogP contribution in [0.4, 0.5) is 0 Å². The second kappa shape index (κ2) is 6.75. The summed E-state index contributed by atoms with van der Waals surface area (Å²) < 4.78 is 0. The number of carboxylic acid groups (broad SMARTS) is 1. The molecule has 0 bridgehead atoms. The predicted octanol–water partition coefficient (Wildman–Crippen LogP) is 2.95. The lowest BCUT2D eigenvalue weighted by Gasteiger charge is -2.23. The molecule has 1 heterocycles. The van der Waals surface area contributed by atoms with Crippen molar-refractivity contribution in [2.75, 3.05) is 13.1 Å². The van der Waals surface area contributed by atoms with Crippen LogP contribution in [0, 0.1) is 11.3 Å². The molecule has 2 atom stereocenters. The minimum atomic E-state index is -0.859. The van der Waals surface area contributed by atoms with Crippen LogP contribution < -0.4 is 0 Å². The maximum atomic E-state index is 12.6. The zero-order valence-corrected chi connectivity index (χ0v) is 14.7. The first-order valence-electron chi connectivity index (χ1n) is 8.32. The lowest BCUT2D eigenvalue weighted by Crippen LogP contribution is -2.36. The second-order valence-electron chi connectivity index (χ2n) is 7.24. The Bertz CT molecular complexity index is 650. The van der Waals surface area contributed by atoms with Crippen molar-refractivity contribution >= 4 is 17.7 Å². The summed E-state index contributed by atoms with van der Waals surface area (Å²) in [6, 6.07) is 7.13. The number of carbonyl (C=O) groups excluding carboxylic acids is 2. The van der Waals surface area contributed by atoms with Gasteiger partial charge >= 0.3 is 5.97 Å². The molecule has 0 spiro atoms. The number of Topliss-reactive ketones (excluding diaryl/α,β-unsaturated/α-hetero) is 1. The molecule has 1 fully saturated rings. The molecule has 1 saturated heterocycles. The predicted molar refractivity (Wildman–Crippen MR) is 91.0 cm³/mol. The Balaban J connectivity index is 2.09. The summed E-state index contributed by atoms with van der Waals surface area (Å²) in [5.41, 5.74) is 0.625. The van der Waals surface area contributed by atoms with E-state index in [9.17, 15) is 19.5 Å². The van der Waals surface area contributed by atoms with Crippen LogP contribution in [0.1, 0.15) is 56.0 Å². The molecule has 1 aliphatic rings. The maximum absolute atomic E-state index is 12.6. The van der Waals surface area contributed by atoms with Gasteiger partial charge in [-0.15, -0.1) is 0 Å². The Kier molecular flexibility index (Phi) is 5.11. The van der Waals surface area contributed by atoms with E-state index in [1.165, 1.54) is 0 Å². The molecule has 0 aliphatic carbocycles. The average molecular weight is 331 g/mol. The van der Waals surface area contributed by atoms with Crippen molar-refractivity contribution in [3.63, 3.8) is 0 Å². The highest BCUT2D eigenvalue weighted by atomic mass is 16.4. The maximum Gasteiger partial charge on any atom is 0.311 e. The third-order valence-electron chi connectivity index (χ3n) is 4.89. The molecule has 0 saturated carbocycles. The fraction of sp³-hybridized carbons (Fsp3) is 0.526. The summed E-state index contributed by atoms with van der Waals surface area (Å²) >= 11 is 0. The number of aliphatic carboxylic acids is 1. The molecule has 130 valence electrons. The number of carbonyl (C=O) groups is 3. The van der Waals surface area contributed by atoms with Gasteiger partial charge in [-0.1, -0.05) is 38.1 Å². The number of amides is 1. The quantitative estimate of drug-likeness (QED) is 0.842. The summed E-state index contributed by atoms with van der Waals surface area (Å²) in [5.74, 6) is -1.26. The summed E-state index contributed by atoms with van der Waals surface area (Å²) in [5, 5.41) is 9.29. The number of hydrogen-bond donors (Lipinski definition) is 1. The van der Waals surface area contributed by atoms with Gasteiger partial charge in [-0.2, -0.15) is 0 Å². The summed E-state index contributed by atoms with van der Waals surface area (Å²) in [7, 11) is 0. The average Bonchev–Trinajstić information content (AvgIpc) is 2.96. The highest BCUT2D eigenvalue weighted by molar-refractivity contribution is 5.97. The Morgan fingerprint density at radius 2 is 1.71 bits per heavy atom. The zero-order valence-electron chi connectivity index (χ0n) is 14.7. The molecule has 2 unspecified atom stereocenters. The van der Waals surface area contributed by atoms with Gasteiger partial charge in [-0.05, 0) is 25.8 Å². The second-order valence-corrected chi connectivity index (χ2v) is 7.24. The Morgan fingerprint density at radius 1 is 1.12 bits per heavy atom. The molecule has 1 N–H and O–H groups in total. The first-order valence-corrected chi connectivity index (χ1v) is 8.32. The van der Waals surface area contributed by atoms with Crippen molar-refractivity contribution in [1.82, 2.24) is 4.90 Å². The smallest absolute Gasteiger partial charge is 0.311 e. The van der Waals surface area contributed by atoms with Crippen LogP contribution in [0.3, 0.4) is 0 Å². The molecular weight excluding hydrogens is 306 g/mol. The Labute approximate surface area is 142 Å². The van der Waals surface area contributed by atoms with E-state index in [0.717, 1.165) is 5.56 Å². The lowest BCUT2D eigenvalue weighted by molar-refractivity contribution is -0.147. The Morgan fingerprint density at radius 3 is 2.17 bits per heavy atom. The highest BCUT2D eigenvalue weighted by Crippen LogP contribution is 2.32. The third-order valence-corrected chi connectivity index (χ3v) is 4.89. The number of benzene rings is 1. The highest BCUT2D eigenvalue weighted by Gasteiger charge is 2.42. The summed E-state index contributed by atoms with van der Waals surface area (Å²) in [4.78, 5) is 37.6. The van der Waals surface area contributed by atoms with E-state index in [4.69, 9.17) is 0 Å². The topological polar surface area (TPSA) is 74.7 Å². The van der Waals surface area contributed by atoms with E-state index in [0.29, 0.717) is 18.5 Å². The van der Waals surface area contributed by atoms with E-state index in [-0.39, 0.29) is 30.1 Å². The van der Waals surface area contributed by atoms with Gasteiger partial charge in [-0.25, -0.2) is 0 Å². The number of carboxylic acids is 1. The van der Waals surface area contributed by atoms with E-state index in [1.54, 1.807) is 24.0 Å². The molecule has 2 rings (SSSR count). The molecule has 1 aromatic rings. The largest absolute Gasteiger partial charge is 0.481 e. The van der Waals surface area contributed by atoms with Crippen LogP contribution in [0.5, 0.6) is 0 Å². The normalized spacial score (nSPS) is 21.8. The molecule has 0 radical (unpaired) electrons. The molecule has 5 heteroatoms. The zero-order chi connectivity index (χ0) is 18.1. The molecule has 5 nitrogen and oxygen atoms in total. The summed E-state index contributed by atoms with van der Waals surface area (Å²) in [6.07, 6.45) is 0.475. The van der Waals surface area contributed by atoms with E-state index >= 15 is 0 Å². The number of ketones is 1. The molecule has 1 aromatic carbocycles. The molecule has 1 aliphatic heterocycles. The van der Waals surface area contributed by atoms with Crippen LogP contribution >= 0.6 is 0 Å². The lowest BCUT2D eigenvalue weighted by atomic mass is 9.90. The number of likely N-dealkylation sites (tertiary alicyclic amines) is 1. The molecule has 24 heavy (non-hydrogen) atoms. The number of hydrogen-bond acceptors (Lipinski definition) is 3. The van der Waals surface area contributed by atoms with Gasteiger partial charge in [0, 0.05) is 24.6 Å². The van der Waals surface area contributed by atoms with Gasteiger partial charge in [-0.3, -0.25) is 14.4 Å². The van der Waals surface area contributed by atoms with Crippen LogP contribution in [-0.4, -0.2) is 40.8 Å². The first kappa shape index (κ1) is 18.2. The van der Waals surface area contributed by atoms with E-state index < -0.39 is 11.4 Å². The van der Waals surface area contributed by atoms with Crippen LogP contribution in [0.25, 0.3) is 0 Å². The van der Waals surface area contributed by atoms with Gasteiger partial charge < -0.3 is 10.0 Å². The van der Waals surface area contributed by atoms with Crippen LogP contribution in [0.2, 0.25) is 0 Å². The Hall–Kier alpha value is -2.17. The van der Waals surface area contributed by atoms with Gasteiger partial charge in [0.2, 0.25) is 5.91 Å². The van der Waals surface area contributed by atoms with Gasteiger partial charge in [0.05, 0.1) is 11.3 Å². The SMILES string of the molecule is CC(C)C(=O)c1ccc(C(C)C(=O)N2CCC(C)(C(=O)O)C2)cc1. The van der Waals surface area contributed by atoms with Crippen molar-refractivity contribution in [2.45, 2.75) is 40.0 Å². The van der Waals surface area contributed by atoms with Gasteiger partial charge in [0.15, 0.2) is 5.78 Å². The van der Waals surface area contributed by atoms with Crippen molar-refractivity contribution in [1.29, 1.82) is 0 Å². The molecular formula is C19H25NO4. The van der Waals surface area contributed by atoms with Crippen LogP contribution in [-0.2, 0) is 9.59 Å². The number of nitrogens with zero attached hydrogens (tertiary/aromatic N) is 1. The minimum absolute atomic E-state index is 0.0619.